The number of fused-ring (bicyclic) bond motifs is 2. The number of hydrogen-bond acceptors (Lipinski definition) is 7. The van der Waals surface area contributed by atoms with Crippen LogP contribution in [0, 0.1) is 0 Å². The van der Waals surface area contributed by atoms with Crippen molar-refractivity contribution in [2.24, 2.45) is 0 Å². The lowest BCUT2D eigenvalue weighted by molar-refractivity contribution is 0.353. The monoisotopic (exact) mass is 381 g/mol. The van der Waals surface area contributed by atoms with Crippen molar-refractivity contribution in [1.29, 1.82) is 0 Å². The number of rotatable bonds is 5. The number of aromatic nitrogens is 2. The first-order valence-corrected chi connectivity index (χ1v) is 9.04. The zero-order chi connectivity index (χ0) is 19.7. The van der Waals surface area contributed by atoms with Gasteiger partial charge in [0.2, 0.25) is 0 Å². The summed E-state index contributed by atoms with van der Waals surface area (Å²) in [7, 11) is 6.56. The summed E-state index contributed by atoms with van der Waals surface area (Å²) in [4.78, 5) is 11.2. The molecule has 0 amide bonds. The largest absolute Gasteiger partial charge is 0.493 e. The van der Waals surface area contributed by atoms with Crippen LogP contribution in [-0.4, -0.2) is 45.0 Å². The zero-order valence-corrected chi connectivity index (χ0v) is 16.5. The van der Waals surface area contributed by atoms with Crippen LogP contribution in [0.4, 0.5) is 5.82 Å². The summed E-state index contributed by atoms with van der Waals surface area (Å²) < 4.78 is 21.8. The standard InChI is InChI=1S/C21H23N3O4/c1-25-17-7-13-5-6-24(11-14(13)8-18(17)26-2)21-15-9-19(27-3)20(28-4)10-16(15)22-12-23-21/h7-10,12H,5-6,11H2,1-4H3. The van der Waals surface area contributed by atoms with Crippen molar-refractivity contribution >= 4 is 16.7 Å². The first kappa shape index (κ1) is 18.2. The molecule has 0 atom stereocenters. The summed E-state index contributed by atoms with van der Waals surface area (Å²) in [5, 5.41) is 0.934. The van der Waals surface area contributed by atoms with E-state index in [1.54, 1.807) is 34.8 Å². The molecule has 0 saturated carbocycles. The molecule has 0 fully saturated rings. The first-order valence-electron chi connectivity index (χ1n) is 9.04. The Morgan fingerprint density at radius 2 is 1.36 bits per heavy atom. The van der Waals surface area contributed by atoms with Gasteiger partial charge in [0.05, 0.1) is 34.0 Å². The minimum absolute atomic E-state index is 0.653. The van der Waals surface area contributed by atoms with Gasteiger partial charge in [-0.05, 0) is 35.7 Å². The highest BCUT2D eigenvalue weighted by atomic mass is 16.5. The van der Waals surface area contributed by atoms with Crippen LogP contribution >= 0.6 is 0 Å². The molecule has 1 aliphatic heterocycles. The maximum Gasteiger partial charge on any atom is 0.162 e. The molecule has 0 bridgehead atoms. The molecule has 7 nitrogen and oxygen atoms in total. The van der Waals surface area contributed by atoms with Crippen LogP contribution in [0.5, 0.6) is 23.0 Å². The normalized spacial score (nSPS) is 13.2. The molecule has 2 heterocycles. The summed E-state index contributed by atoms with van der Waals surface area (Å²) in [6, 6.07) is 7.93. The van der Waals surface area contributed by atoms with Gasteiger partial charge in [0.25, 0.3) is 0 Å². The lowest BCUT2D eigenvalue weighted by Gasteiger charge is -2.31. The predicted molar refractivity (Wildman–Crippen MR) is 107 cm³/mol. The molecule has 2 aromatic carbocycles. The average Bonchev–Trinajstić information content (AvgIpc) is 2.76. The topological polar surface area (TPSA) is 65.9 Å². The predicted octanol–water partition coefficient (Wildman–Crippen LogP) is 3.23. The van der Waals surface area contributed by atoms with E-state index in [1.807, 2.05) is 18.2 Å². The Morgan fingerprint density at radius 3 is 2.04 bits per heavy atom. The highest BCUT2D eigenvalue weighted by Gasteiger charge is 2.22. The van der Waals surface area contributed by atoms with Gasteiger partial charge >= 0.3 is 0 Å². The van der Waals surface area contributed by atoms with Crippen LogP contribution in [-0.2, 0) is 13.0 Å². The second-order valence-electron chi connectivity index (χ2n) is 6.57. The van der Waals surface area contributed by atoms with Crippen molar-refractivity contribution < 1.29 is 18.9 Å². The van der Waals surface area contributed by atoms with Crippen molar-refractivity contribution in [3.63, 3.8) is 0 Å². The van der Waals surface area contributed by atoms with Crippen molar-refractivity contribution in [3.8, 4) is 23.0 Å². The van der Waals surface area contributed by atoms with Crippen LogP contribution in [0.15, 0.2) is 30.6 Å². The number of methoxy groups -OCH3 is 4. The molecule has 0 radical (unpaired) electrons. The number of anilines is 1. The van der Waals surface area contributed by atoms with E-state index in [0.29, 0.717) is 11.5 Å². The molecule has 146 valence electrons. The van der Waals surface area contributed by atoms with Gasteiger partial charge < -0.3 is 23.8 Å². The van der Waals surface area contributed by atoms with Gasteiger partial charge in [-0.3, -0.25) is 0 Å². The molecule has 7 heteroatoms. The minimum Gasteiger partial charge on any atom is -0.493 e. The third-order valence-corrected chi connectivity index (χ3v) is 5.14. The summed E-state index contributed by atoms with van der Waals surface area (Å²) >= 11 is 0. The Hall–Kier alpha value is -3.22. The van der Waals surface area contributed by atoms with E-state index in [9.17, 15) is 0 Å². The van der Waals surface area contributed by atoms with Gasteiger partial charge in [0.15, 0.2) is 23.0 Å². The van der Waals surface area contributed by atoms with Crippen molar-refractivity contribution in [2.45, 2.75) is 13.0 Å². The smallest absolute Gasteiger partial charge is 0.162 e. The van der Waals surface area contributed by atoms with Crippen LogP contribution < -0.4 is 23.8 Å². The highest BCUT2D eigenvalue weighted by Crippen LogP contribution is 2.38. The minimum atomic E-state index is 0.653. The zero-order valence-electron chi connectivity index (χ0n) is 16.5. The summed E-state index contributed by atoms with van der Waals surface area (Å²) in [6.07, 6.45) is 2.49. The number of benzene rings is 2. The van der Waals surface area contributed by atoms with E-state index in [4.69, 9.17) is 18.9 Å². The van der Waals surface area contributed by atoms with E-state index in [0.717, 1.165) is 47.7 Å². The fourth-order valence-electron chi connectivity index (χ4n) is 3.69. The molecule has 28 heavy (non-hydrogen) atoms. The third kappa shape index (κ3) is 3.02. The quantitative estimate of drug-likeness (QED) is 0.672. The third-order valence-electron chi connectivity index (χ3n) is 5.14. The summed E-state index contributed by atoms with van der Waals surface area (Å²) in [5.74, 6) is 3.70. The van der Waals surface area contributed by atoms with E-state index in [1.165, 1.54) is 11.1 Å². The molecular formula is C21H23N3O4. The summed E-state index contributed by atoms with van der Waals surface area (Å²) in [5.41, 5.74) is 3.29. The summed E-state index contributed by atoms with van der Waals surface area (Å²) in [6.45, 7) is 1.58. The number of ether oxygens (including phenoxy) is 4. The van der Waals surface area contributed by atoms with Gasteiger partial charge in [-0.15, -0.1) is 0 Å². The first-order chi connectivity index (χ1) is 13.7. The Morgan fingerprint density at radius 1 is 0.750 bits per heavy atom. The Kier molecular flexibility index (Phi) is 4.81. The van der Waals surface area contributed by atoms with Gasteiger partial charge in [-0.25, -0.2) is 9.97 Å². The molecule has 0 N–H and O–H groups in total. The van der Waals surface area contributed by atoms with E-state index < -0.39 is 0 Å². The molecule has 4 rings (SSSR count). The lowest BCUT2D eigenvalue weighted by Crippen LogP contribution is -2.31. The van der Waals surface area contributed by atoms with E-state index >= 15 is 0 Å². The van der Waals surface area contributed by atoms with Gasteiger partial charge in [0.1, 0.15) is 12.1 Å². The van der Waals surface area contributed by atoms with Crippen molar-refractivity contribution in [2.75, 3.05) is 39.9 Å². The number of hydrogen-bond donors (Lipinski definition) is 0. The van der Waals surface area contributed by atoms with Gasteiger partial charge in [-0.1, -0.05) is 0 Å². The average molecular weight is 381 g/mol. The second kappa shape index (κ2) is 7.42. The van der Waals surface area contributed by atoms with Gasteiger partial charge in [-0.2, -0.15) is 0 Å². The molecule has 1 aliphatic rings. The molecule has 0 spiro atoms. The Bertz CT molecular complexity index is 1020. The Balaban J connectivity index is 1.75. The Labute approximate surface area is 163 Å². The van der Waals surface area contributed by atoms with Crippen LogP contribution in [0.25, 0.3) is 10.9 Å². The molecule has 1 aromatic heterocycles. The molecule has 0 saturated heterocycles. The van der Waals surface area contributed by atoms with Gasteiger partial charge in [0, 0.05) is 24.5 Å². The fourth-order valence-corrected chi connectivity index (χ4v) is 3.69. The highest BCUT2D eigenvalue weighted by molar-refractivity contribution is 5.92. The van der Waals surface area contributed by atoms with E-state index in [2.05, 4.69) is 20.9 Å². The molecule has 0 unspecified atom stereocenters. The maximum absolute atomic E-state index is 5.47. The second-order valence-corrected chi connectivity index (χ2v) is 6.57. The SMILES string of the molecule is COc1cc2c(cc1OC)CN(c1ncnc3cc(OC)c(OC)cc13)CC2. The van der Waals surface area contributed by atoms with Crippen molar-refractivity contribution in [3.05, 3.63) is 41.7 Å². The molecule has 0 aliphatic carbocycles. The van der Waals surface area contributed by atoms with Crippen molar-refractivity contribution in [1.82, 2.24) is 9.97 Å². The molecular weight excluding hydrogens is 358 g/mol. The number of nitrogens with zero attached hydrogens (tertiary/aromatic N) is 3. The lowest BCUT2D eigenvalue weighted by atomic mass is 9.98. The molecule has 3 aromatic rings. The maximum atomic E-state index is 5.47. The van der Waals surface area contributed by atoms with Crippen LogP contribution in [0.1, 0.15) is 11.1 Å². The fraction of sp³-hybridized carbons (Fsp3) is 0.333. The van der Waals surface area contributed by atoms with Crippen LogP contribution in [0.3, 0.4) is 0 Å². The van der Waals surface area contributed by atoms with E-state index in [-0.39, 0.29) is 0 Å². The van der Waals surface area contributed by atoms with Crippen LogP contribution in [0.2, 0.25) is 0 Å².